The van der Waals surface area contributed by atoms with Crippen LogP contribution >= 0.6 is 0 Å². The van der Waals surface area contributed by atoms with Gasteiger partial charge in [0.25, 0.3) is 5.91 Å². The number of fused-ring (bicyclic) bond motifs is 1. The molecule has 3 nitrogen and oxygen atoms in total. The Morgan fingerprint density at radius 3 is 2.40 bits per heavy atom. The van der Waals surface area contributed by atoms with Gasteiger partial charge in [0.2, 0.25) is 0 Å². The van der Waals surface area contributed by atoms with Gasteiger partial charge in [-0.15, -0.1) is 0 Å². The second-order valence-corrected chi connectivity index (χ2v) is 5.58. The van der Waals surface area contributed by atoms with E-state index in [4.69, 9.17) is 0 Å². The standard InChI is InChI=1S/C17H21NO2/c1-11(2)12(3)18(4)17(20)15-10-9-13-7-5-6-8-14(13)16(15)19/h5-12,19H,1-4H3. The molecule has 0 aliphatic heterocycles. The molecule has 3 heteroatoms. The molecule has 0 saturated heterocycles. The highest BCUT2D eigenvalue weighted by Crippen LogP contribution is 2.29. The third-order valence-electron chi connectivity index (χ3n) is 4.03. The molecule has 20 heavy (non-hydrogen) atoms. The van der Waals surface area contributed by atoms with Crippen LogP contribution in [0.5, 0.6) is 5.75 Å². The summed E-state index contributed by atoms with van der Waals surface area (Å²) >= 11 is 0. The Hall–Kier alpha value is -2.03. The quantitative estimate of drug-likeness (QED) is 0.925. The van der Waals surface area contributed by atoms with Crippen LogP contribution in [0.25, 0.3) is 10.8 Å². The number of carbonyl (C=O) groups excluding carboxylic acids is 1. The van der Waals surface area contributed by atoms with Crippen molar-refractivity contribution in [3.8, 4) is 5.75 Å². The van der Waals surface area contributed by atoms with E-state index in [1.165, 1.54) is 0 Å². The number of aromatic hydroxyl groups is 1. The van der Waals surface area contributed by atoms with Crippen molar-refractivity contribution < 1.29 is 9.90 Å². The molecule has 2 aromatic carbocycles. The highest BCUT2D eigenvalue weighted by atomic mass is 16.3. The Morgan fingerprint density at radius 1 is 1.10 bits per heavy atom. The third-order valence-corrected chi connectivity index (χ3v) is 4.03. The van der Waals surface area contributed by atoms with Crippen molar-refractivity contribution in [2.24, 2.45) is 5.92 Å². The normalized spacial score (nSPS) is 12.7. The van der Waals surface area contributed by atoms with E-state index in [1.807, 2.05) is 37.3 Å². The molecule has 0 radical (unpaired) electrons. The van der Waals surface area contributed by atoms with Gasteiger partial charge in [0, 0.05) is 18.5 Å². The van der Waals surface area contributed by atoms with Crippen LogP contribution in [-0.4, -0.2) is 29.0 Å². The Morgan fingerprint density at radius 2 is 1.75 bits per heavy atom. The maximum absolute atomic E-state index is 12.5. The van der Waals surface area contributed by atoms with Crippen molar-refractivity contribution in [3.63, 3.8) is 0 Å². The predicted octanol–water partition coefficient (Wildman–Crippen LogP) is 3.66. The summed E-state index contributed by atoms with van der Waals surface area (Å²) < 4.78 is 0. The molecule has 0 aliphatic rings. The Bertz CT molecular complexity index is 634. The molecular weight excluding hydrogens is 250 g/mol. The first-order valence-corrected chi connectivity index (χ1v) is 6.91. The largest absolute Gasteiger partial charge is 0.506 e. The van der Waals surface area contributed by atoms with Crippen LogP contribution < -0.4 is 0 Å². The smallest absolute Gasteiger partial charge is 0.257 e. The van der Waals surface area contributed by atoms with Crippen molar-refractivity contribution in [3.05, 3.63) is 42.0 Å². The average molecular weight is 271 g/mol. The lowest BCUT2D eigenvalue weighted by Crippen LogP contribution is -2.38. The van der Waals surface area contributed by atoms with E-state index in [0.717, 1.165) is 5.39 Å². The number of hydrogen-bond acceptors (Lipinski definition) is 2. The van der Waals surface area contributed by atoms with Crippen LogP contribution in [-0.2, 0) is 0 Å². The van der Waals surface area contributed by atoms with Gasteiger partial charge < -0.3 is 10.0 Å². The lowest BCUT2D eigenvalue weighted by atomic mass is 10.0. The molecule has 0 aromatic heterocycles. The highest BCUT2D eigenvalue weighted by molar-refractivity contribution is 6.03. The van der Waals surface area contributed by atoms with Crippen molar-refractivity contribution >= 4 is 16.7 Å². The number of nitrogens with zero attached hydrogens (tertiary/aromatic N) is 1. The van der Waals surface area contributed by atoms with Crippen molar-refractivity contribution in [2.45, 2.75) is 26.8 Å². The zero-order chi connectivity index (χ0) is 14.9. The Kier molecular flexibility index (Phi) is 3.98. The van der Waals surface area contributed by atoms with E-state index < -0.39 is 0 Å². The van der Waals surface area contributed by atoms with Crippen LogP contribution in [0.2, 0.25) is 0 Å². The monoisotopic (exact) mass is 271 g/mol. The molecule has 0 heterocycles. The van der Waals surface area contributed by atoms with Gasteiger partial charge in [0.05, 0.1) is 5.56 Å². The lowest BCUT2D eigenvalue weighted by Gasteiger charge is -2.28. The fourth-order valence-electron chi connectivity index (χ4n) is 2.25. The van der Waals surface area contributed by atoms with E-state index in [0.29, 0.717) is 16.9 Å². The zero-order valence-electron chi connectivity index (χ0n) is 12.4. The van der Waals surface area contributed by atoms with Crippen LogP contribution in [0.15, 0.2) is 36.4 Å². The SMILES string of the molecule is CC(C)C(C)N(C)C(=O)c1ccc2ccccc2c1O. The number of carbonyl (C=O) groups is 1. The molecule has 0 aliphatic carbocycles. The molecule has 0 fully saturated rings. The number of amides is 1. The molecule has 0 bridgehead atoms. The van der Waals surface area contributed by atoms with E-state index in [1.54, 1.807) is 18.0 Å². The summed E-state index contributed by atoms with van der Waals surface area (Å²) in [5.41, 5.74) is 0.360. The minimum atomic E-state index is -0.144. The lowest BCUT2D eigenvalue weighted by molar-refractivity contribution is 0.0704. The van der Waals surface area contributed by atoms with Crippen LogP contribution in [0.4, 0.5) is 0 Å². The molecule has 1 N–H and O–H groups in total. The summed E-state index contributed by atoms with van der Waals surface area (Å²) in [6.45, 7) is 6.17. The fourth-order valence-corrected chi connectivity index (χ4v) is 2.25. The topological polar surface area (TPSA) is 40.5 Å². The molecule has 0 spiro atoms. The van der Waals surface area contributed by atoms with Gasteiger partial charge in [-0.25, -0.2) is 0 Å². The maximum Gasteiger partial charge on any atom is 0.257 e. The van der Waals surface area contributed by atoms with Gasteiger partial charge in [-0.1, -0.05) is 44.2 Å². The first-order chi connectivity index (χ1) is 9.43. The molecule has 0 saturated carbocycles. The summed E-state index contributed by atoms with van der Waals surface area (Å²) in [7, 11) is 1.78. The van der Waals surface area contributed by atoms with Crippen LogP contribution in [0.3, 0.4) is 0 Å². The van der Waals surface area contributed by atoms with Gasteiger partial charge in [0.15, 0.2) is 0 Å². The third kappa shape index (κ3) is 2.48. The summed E-state index contributed by atoms with van der Waals surface area (Å²) in [6, 6.07) is 11.2. The van der Waals surface area contributed by atoms with Crippen LogP contribution in [0, 0.1) is 5.92 Å². The molecule has 1 amide bonds. The van der Waals surface area contributed by atoms with Gasteiger partial charge in [-0.05, 0) is 24.3 Å². The van der Waals surface area contributed by atoms with Gasteiger partial charge in [-0.3, -0.25) is 4.79 Å². The predicted molar refractivity (Wildman–Crippen MR) is 82.0 cm³/mol. The second-order valence-electron chi connectivity index (χ2n) is 5.58. The second kappa shape index (κ2) is 5.53. The summed E-state index contributed by atoms with van der Waals surface area (Å²) in [5.74, 6) is 0.289. The van der Waals surface area contributed by atoms with E-state index in [9.17, 15) is 9.90 Å². The van der Waals surface area contributed by atoms with Gasteiger partial charge >= 0.3 is 0 Å². The molecule has 2 aromatic rings. The minimum Gasteiger partial charge on any atom is -0.506 e. The molecule has 1 unspecified atom stereocenters. The van der Waals surface area contributed by atoms with E-state index >= 15 is 0 Å². The Balaban J connectivity index is 2.43. The number of hydrogen-bond donors (Lipinski definition) is 1. The number of rotatable bonds is 3. The van der Waals surface area contributed by atoms with E-state index in [-0.39, 0.29) is 17.7 Å². The number of phenols is 1. The van der Waals surface area contributed by atoms with Gasteiger partial charge in [0.1, 0.15) is 5.75 Å². The first-order valence-electron chi connectivity index (χ1n) is 6.91. The van der Waals surface area contributed by atoms with Crippen molar-refractivity contribution in [2.75, 3.05) is 7.05 Å². The van der Waals surface area contributed by atoms with Crippen molar-refractivity contribution in [1.82, 2.24) is 4.90 Å². The number of phenolic OH excluding ortho intramolecular Hbond substituents is 1. The summed E-state index contributed by atoms with van der Waals surface area (Å²) in [4.78, 5) is 14.2. The number of benzene rings is 2. The first kappa shape index (κ1) is 14.4. The highest BCUT2D eigenvalue weighted by Gasteiger charge is 2.22. The zero-order valence-corrected chi connectivity index (χ0v) is 12.4. The summed E-state index contributed by atoms with van der Waals surface area (Å²) in [5, 5.41) is 12.0. The van der Waals surface area contributed by atoms with Crippen LogP contribution in [0.1, 0.15) is 31.1 Å². The molecule has 2 rings (SSSR count). The minimum absolute atomic E-state index is 0.0657. The average Bonchev–Trinajstić information content (AvgIpc) is 2.45. The van der Waals surface area contributed by atoms with E-state index in [2.05, 4.69) is 13.8 Å². The summed E-state index contributed by atoms with van der Waals surface area (Å²) in [6.07, 6.45) is 0. The molecule has 1 atom stereocenters. The molecular formula is C17H21NO2. The Labute approximate surface area is 119 Å². The van der Waals surface area contributed by atoms with Crippen molar-refractivity contribution in [1.29, 1.82) is 0 Å². The fraction of sp³-hybridized carbons (Fsp3) is 0.353. The molecule has 106 valence electrons. The van der Waals surface area contributed by atoms with Gasteiger partial charge in [-0.2, -0.15) is 0 Å². The maximum atomic E-state index is 12.5.